The second-order valence-electron chi connectivity index (χ2n) is 16.0. The van der Waals surface area contributed by atoms with Crippen molar-refractivity contribution < 1.29 is 4.42 Å². The van der Waals surface area contributed by atoms with Crippen LogP contribution in [0, 0.1) is 0 Å². The van der Waals surface area contributed by atoms with Crippen LogP contribution in [-0.2, 0) is 0 Å². The van der Waals surface area contributed by atoms with E-state index in [4.69, 9.17) is 4.42 Å². The van der Waals surface area contributed by atoms with Crippen LogP contribution >= 0.6 is 21.4 Å². The van der Waals surface area contributed by atoms with Crippen LogP contribution in [0.3, 0.4) is 0 Å². The molecule has 12 aromatic rings. The van der Waals surface area contributed by atoms with Crippen LogP contribution in [0.4, 0.5) is 17.1 Å². The number of fused-ring (bicyclic) bond motifs is 6. The molecule has 0 aliphatic heterocycles. The maximum absolute atomic E-state index is 7.07. The van der Waals surface area contributed by atoms with Crippen molar-refractivity contribution in [2.75, 3.05) is 4.90 Å². The average Bonchev–Trinajstić information content (AvgIpc) is 3.96. The Morgan fingerprint density at radius 1 is 0.344 bits per heavy atom. The molecule has 0 amide bonds. The van der Waals surface area contributed by atoms with Gasteiger partial charge < -0.3 is 9.32 Å². The van der Waals surface area contributed by atoms with Crippen molar-refractivity contribution in [3.05, 3.63) is 249 Å². The first-order valence-electron chi connectivity index (χ1n) is 21.6. The summed E-state index contributed by atoms with van der Waals surface area (Å²) < 4.78 is 9.71. The van der Waals surface area contributed by atoms with E-state index in [0.29, 0.717) is 0 Å². The Morgan fingerprint density at radius 3 is 1.50 bits per heavy atom. The van der Waals surface area contributed by atoms with E-state index < -0.39 is 10.0 Å². The number of para-hydroxylation sites is 2. The molecule has 0 aliphatic rings. The molecular weight excluding hydrogens is 815 g/mol. The lowest BCUT2D eigenvalue weighted by molar-refractivity contribution is 0.670. The maximum atomic E-state index is 7.07. The van der Waals surface area contributed by atoms with Crippen molar-refractivity contribution in [1.82, 2.24) is 0 Å². The first-order chi connectivity index (χ1) is 31.8. The molecule has 10 aromatic carbocycles. The van der Waals surface area contributed by atoms with Crippen molar-refractivity contribution in [3.63, 3.8) is 0 Å². The first-order valence-corrected chi connectivity index (χ1v) is 24.1. The third-order valence-electron chi connectivity index (χ3n) is 12.4. The number of anilines is 3. The fraction of sp³-hybridized carbons (Fsp3) is 0. The van der Waals surface area contributed by atoms with Gasteiger partial charge >= 0.3 is 0 Å². The molecule has 0 atom stereocenters. The summed E-state index contributed by atoms with van der Waals surface area (Å²) in [6.07, 6.45) is 0. The van der Waals surface area contributed by atoms with Gasteiger partial charge in [0.2, 0.25) is 0 Å². The van der Waals surface area contributed by atoms with E-state index >= 15 is 0 Å². The molecule has 12 rings (SSSR count). The normalized spacial score (nSPS) is 12.0. The molecule has 64 heavy (non-hydrogen) atoms. The van der Waals surface area contributed by atoms with E-state index in [0.717, 1.165) is 50.1 Å². The van der Waals surface area contributed by atoms with E-state index in [9.17, 15) is 0 Å². The van der Waals surface area contributed by atoms with Crippen LogP contribution < -0.4 is 4.90 Å². The lowest BCUT2D eigenvalue weighted by Gasteiger charge is -2.42. The summed E-state index contributed by atoms with van der Waals surface area (Å²) in [5.74, 6) is 0. The first kappa shape index (κ1) is 38.1. The summed E-state index contributed by atoms with van der Waals surface area (Å²) in [6.45, 7) is 0. The van der Waals surface area contributed by atoms with E-state index in [-0.39, 0.29) is 0 Å². The maximum Gasteiger partial charge on any atom is 0.159 e. The molecule has 2 heterocycles. The van der Waals surface area contributed by atoms with E-state index in [1.165, 1.54) is 50.9 Å². The Morgan fingerprint density at radius 2 is 0.828 bits per heavy atom. The van der Waals surface area contributed by atoms with Crippen molar-refractivity contribution in [3.8, 4) is 22.3 Å². The molecule has 0 bridgehead atoms. The van der Waals surface area contributed by atoms with Crippen LogP contribution in [0.1, 0.15) is 0 Å². The van der Waals surface area contributed by atoms with Crippen molar-refractivity contribution in [2.24, 2.45) is 0 Å². The molecule has 0 spiro atoms. The van der Waals surface area contributed by atoms with Gasteiger partial charge in [0.25, 0.3) is 0 Å². The van der Waals surface area contributed by atoms with Gasteiger partial charge in [-0.2, -0.15) is 0 Å². The Bertz CT molecular complexity index is 3540. The van der Waals surface area contributed by atoms with E-state index in [1.54, 1.807) is 0 Å². The predicted octanol–water partition coefficient (Wildman–Crippen LogP) is 18.1. The Labute approximate surface area is 378 Å². The van der Waals surface area contributed by atoms with Crippen molar-refractivity contribution >= 4 is 80.5 Å². The Balaban J connectivity index is 1.09. The number of rotatable bonds is 9. The lowest BCUT2D eigenvalue weighted by Crippen LogP contribution is -2.11. The molecule has 0 radical (unpaired) electrons. The molecular formula is C60H41NOS2. The standard InChI is InChI=1S/C60H41NOS2/c1-5-18-42(19-6-1)43-34-36-45(37-35-43)61(55-31-16-29-53-52-28-15-27-50(58(52)62-59(53)55)44-20-7-2-8-21-44)46-38-40-49(41-39-46)64(47-22-9-3-10-23-47,48-24-11-4-12-25-48)57-33-17-30-54-51-26-13-14-32-56(51)63-60(54)57/h1-41H. The number of hydrogen-bond acceptors (Lipinski definition) is 3. The summed E-state index contributed by atoms with van der Waals surface area (Å²) >= 11 is 1.91. The number of thiophene rings is 1. The number of furan rings is 1. The van der Waals surface area contributed by atoms with Gasteiger partial charge in [0.1, 0.15) is 5.58 Å². The monoisotopic (exact) mass is 855 g/mol. The third kappa shape index (κ3) is 6.25. The van der Waals surface area contributed by atoms with Gasteiger partial charge in [0, 0.05) is 67.5 Å². The largest absolute Gasteiger partial charge is 0.453 e. The molecule has 0 saturated carbocycles. The van der Waals surface area contributed by atoms with Gasteiger partial charge in [0.05, 0.1) is 5.69 Å². The summed E-state index contributed by atoms with van der Waals surface area (Å²) in [5.41, 5.74) is 9.38. The lowest BCUT2D eigenvalue weighted by atomic mass is 10.0. The van der Waals surface area contributed by atoms with Crippen molar-refractivity contribution in [1.29, 1.82) is 0 Å². The second-order valence-corrected chi connectivity index (χ2v) is 20.1. The van der Waals surface area contributed by atoms with E-state index in [2.05, 4.69) is 254 Å². The quantitative estimate of drug-likeness (QED) is 0.144. The topological polar surface area (TPSA) is 16.4 Å². The summed E-state index contributed by atoms with van der Waals surface area (Å²) in [6, 6.07) is 90.6. The van der Waals surface area contributed by atoms with E-state index in [1.807, 2.05) is 11.3 Å². The molecule has 0 fully saturated rings. The van der Waals surface area contributed by atoms with Crippen LogP contribution in [0.15, 0.2) is 273 Å². The highest BCUT2D eigenvalue weighted by Gasteiger charge is 2.35. The van der Waals surface area contributed by atoms with Crippen LogP contribution in [0.2, 0.25) is 0 Å². The van der Waals surface area contributed by atoms with Gasteiger partial charge in [-0.25, -0.2) is 0 Å². The molecule has 0 aliphatic carbocycles. The average molecular weight is 856 g/mol. The molecule has 0 unspecified atom stereocenters. The third-order valence-corrected chi connectivity index (χ3v) is 17.7. The van der Waals surface area contributed by atoms with Gasteiger partial charge in [-0.1, -0.05) is 170 Å². The highest BCUT2D eigenvalue weighted by atomic mass is 32.3. The molecule has 0 saturated heterocycles. The molecule has 2 aromatic heterocycles. The molecule has 304 valence electrons. The minimum absolute atomic E-state index is 0.849. The smallest absolute Gasteiger partial charge is 0.159 e. The SMILES string of the molecule is c1ccc(-c2ccc(N(c3ccc(S(c4ccccc4)(c4ccccc4)c4cccc5c4sc4ccccc45)cc3)c3cccc4c3oc3c(-c5ccccc5)cccc34)cc2)cc1. The van der Waals surface area contributed by atoms with Crippen molar-refractivity contribution in [2.45, 2.75) is 19.6 Å². The zero-order chi connectivity index (χ0) is 42.5. The Kier molecular flexibility index (Phi) is 9.48. The highest BCUT2D eigenvalue weighted by molar-refractivity contribution is 8.34. The summed E-state index contributed by atoms with van der Waals surface area (Å²) in [5, 5.41) is 4.79. The fourth-order valence-corrected chi connectivity index (χ4v) is 15.0. The highest BCUT2D eigenvalue weighted by Crippen LogP contribution is 2.75. The zero-order valence-electron chi connectivity index (χ0n) is 34.8. The van der Waals surface area contributed by atoms with Gasteiger partial charge in [-0.05, 0) is 95.6 Å². The Hall–Kier alpha value is -7.63. The van der Waals surface area contributed by atoms with Crippen LogP contribution in [-0.4, -0.2) is 0 Å². The van der Waals surface area contributed by atoms with Gasteiger partial charge in [0.15, 0.2) is 5.58 Å². The van der Waals surface area contributed by atoms with Crippen LogP contribution in [0.5, 0.6) is 0 Å². The minimum Gasteiger partial charge on any atom is -0.453 e. The predicted molar refractivity (Wildman–Crippen MR) is 272 cm³/mol. The fourth-order valence-electron chi connectivity index (χ4n) is 9.49. The number of hydrogen-bond donors (Lipinski definition) is 0. The number of nitrogens with zero attached hydrogens (tertiary/aromatic N) is 1. The zero-order valence-corrected chi connectivity index (χ0v) is 36.5. The van der Waals surface area contributed by atoms with Crippen LogP contribution in [0.25, 0.3) is 64.4 Å². The second kappa shape index (κ2) is 15.9. The van der Waals surface area contributed by atoms with Gasteiger partial charge in [-0.3, -0.25) is 0 Å². The number of benzene rings is 10. The molecule has 4 heteroatoms. The van der Waals surface area contributed by atoms with Gasteiger partial charge in [-0.15, -0.1) is 21.4 Å². The molecule has 2 nitrogen and oxygen atoms in total. The summed E-state index contributed by atoms with van der Waals surface area (Å²) in [4.78, 5) is 7.58. The molecule has 0 N–H and O–H groups in total. The minimum atomic E-state index is -2.00. The summed E-state index contributed by atoms with van der Waals surface area (Å²) in [7, 11) is -2.00.